The van der Waals surface area contributed by atoms with Gasteiger partial charge >= 0.3 is 0 Å². The highest BCUT2D eigenvalue weighted by Gasteiger charge is 2.25. The Morgan fingerprint density at radius 2 is 2.05 bits per heavy atom. The summed E-state index contributed by atoms with van der Waals surface area (Å²) >= 11 is 0. The fraction of sp³-hybridized carbons (Fsp3) is 0.480. The highest BCUT2D eigenvalue weighted by molar-refractivity contribution is 5.77. The van der Waals surface area contributed by atoms with E-state index in [1.54, 1.807) is 10.6 Å². The molecule has 37 heavy (non-hydrogen) atoms. The molecule has 0 spiro atoms. The maximum Gasteiger partial charge on any atom is 0.224 e. The lowest BCUT2D eigenvalue weighted by atomic mass is 9.93. The van der Waals surface area contributed by atoms with Gasteiger partial charge in [-0.15, -0.1) is 0 Å². The van der Waals surface area contributed by atoms with Gasteiger partial charge < -0.3 is 21.5 Å². The molecule has 1 aliphatic carbocycles. The van der Waals surface area contributed by atoms with Crippen LogP contribution < -0.4 is 16.4 Å². The maximum atomic E-state index is 14.7. The minimum atomic E-state index is -0.941. The Labute approximate surface area is 212 Å². The molecule has 5 N–H and O–H groups in total. The van der Waals surface area contributed by atoms with Gasteiger partial charge in [-0.25, -0.2) is 18.7 Å². The maximum absolute atomic E-state index is 14.7. The first-order valence-corrected chi connectivity index (χ1v) is 12.4. The smallest absolute Gasteiger partial charge is 0.224 e. The summed E-state index contributed by atoms with van der Waals surface area (Å²) in [6.45, 7) is 1.99. The van der Waals surface area contributed by atoms with E-state index in [-0.39, 0.29) is 36.1 Å². The minimum Gasteiger partial charge on any atom is -0.393 e. The van der Waals surface area contributed by atoms with E-state index in [1.165, 1.54) is 6.20 Å². The molecule has 10 nitrogen and oxygen atoms in total. The van der Waals surface area contributed by atoms with Crippen LogP contribution in [0.5, 0.6) is 0 Å². The molecule has 0 bridgehead atoms. The average molecular weight is 513 g/mol. The zero-order valence-electron chi connectivity index (χ0n) is 20.5. The molecule has 196 valence electrons. The quantitative estimate of drug-likeness (QED) is 0.317. The van der Waals surface area contributed by atoms with E-state index in [4.69, 9.17) is 11.0 Å². The van der Waals surface area contributed by atoms with E-state index in [0.717, 1.165) is 37.8 Å². The molecule has 4 rings (SSSR count). The second kappa shape index (κ2) is 11.5. The van der Waals surface area contributed by atoms with E-state index >= 15 is 0 Å². The number of primary amides is 1. The third kappa shape index (κ3) is 6.11. The summed E-state index contributed by atoms with van der Waals surface area (Å²) in [6, 6.07) is 3.32. The van der Waals surface area contributed by atoms with Gasteiger partial charge in [-0.2, -0.15) is 10.2 Å². The van der Waals surface area contributed by atoms with Crippen molar-refractivity contribution >= 4 is 34.7 Å². The Kier molecular flexibility index (Phi) is 8.13. The fourth-order valence-corrected chi connectivity index (χ4v) is 4.79. The number of aliphatic hydroxyl groups is 1. The SMILES string of the molecule is CCC[C@H](CCC(N)=O)n1c(Nc2c(F)cc(C#N)cc2F)nc2cnc(N[C@@H]3CCC[C@@H](O)C3)nc21. The Morgan fingerprint density at radius 1 is 1.30 bits per heavy atom. The molecule has 1 saturated carbocycles. The van der Waals surface area contributed by atoms with Gasteiger partial charge in [0, 0.05) is 18.5 Å². The molecule has 3 aromatic rings. The van der Waals surface area contributed by atoms with E-state index in [0.29, 0.717) is 36.4 Å². The van der Waals surface area contributed by atoms with Crippen LogP contribution in [0.3, 0.4) is 0 Å². The second-order valence-corrected chi connectivity index (χ2v) is 9.37. The topological polar surface area (TPSA) is 155 Å². The molecule has 0 unspecified atom stereocenters. The molecule has 2 heterocycles. The number of imidazole rings is 1. The molecule has 1 aromatic carbocycles. The molecule has 1 aliphatic rings. The number of nitriles is 1. The van der Waals surface area contributed by atoms with Crippen LogP contribution in [0.2, 0.25) is 0 Å². The Morgan fingerprint density at radius 3 is 2.70 bits per heavy atom. The zero-order chi connectivity index (χ0) is 26.5. The predicted molar refractivity (Wildman–Crippen MR) is 134 cm³/mol. The van der Waals surface area contributed by atoms with Crippen LogP contribution in [0.15, 0.2) is 18.3 Å². The summed E-state index contributed by atoms with van der Waals surface area (Å²) in [5.74, 6) is -1.87. The Balaban J connectivity index is 1.77. The van der Waals surface area contributed by atoms with Crippen molar-refractivity contribution in [3.8, 4) is 6.07 Å². The van der Waals surface area contributed by atoms with Crippen molar-refractivity contribution in [2.24, 2.45) is 5.73 Å². The minimum absolute atomic E-state index is 0.0123. The van der Waals surface area contributed by atoms with Crippen molar-refractivity contribution in [2.75, 3.05) is 10.6 Å². The summed E-state index contributed by atoms with van der Waals surface area (Å²) in [5.41, 5.74) is 5.63. The number of fused-ring (bicyclic) bond motifs is 1. The predicted octanol–water partition coefficient (Wildman–Crippen LogP) is 4.04. The number of carbonyl (C=O) groups excluding carboxylic acids is 1. The molecule has 0 aliphatic heterocycles. The molecule has 12 heteroatoms. The van der Waals surface area contributed by atoms with Gasteiger partial charge in [0.1, 0.15) is 11.2 Å². The standard InChI is InChI=1S/C25H30F2N8O2/c1-2-4-16(7-8-21(29)37)35-23-20(13-30-24(34-23)31-15-5-3-6-17(36)11-15)32-25(35)33-22-18(26)9-14(12-28)10-19(22)27/h9-10,13,15-17,36H,2-8,11H2,1H3,(H2,29,37)(H,32,33)(H,30,31,34)/t15-,16-,17-/m1/s1. The van der Waals surface area contributed by atoms with Crippen LogP contribution in [-0.4, -0.2) is 42.7 Å². The molecule has 1 amide bonds. The lowest BCUT2D eigenvalue weighted by Crippen LogP contribution is -2.30. The van der Waals surface area contributed by atoms with Crippen molar-refractivity contribution in [2.45, 2.75) is 76.5 Å². The average Bonchev–Trinajstić information content (AvgIpc) is 3.21. The number of hydrogen-bond donors (Lipinski definition) is 4. The Bertz CT molecular complexity index is 1300. The van der Waals surface area contributed by atoms with E-state index in [9.17, 15) is 18.7 Å². The number of nitrogens with two attached hydrogens (primary N) is 1. The summed E-state index contributed by atoms with van der Waals surface area (Å²) in [6.07, 6.45) is 6.14. The number of carbonyl (C=O) groups is 1. The van der Waals surface area contributed by atoms with E-state index < -0.39 is 23.2 Å². The van der Waals surface area contributed by atoms with E-state index in [2.05, 4.69) is 25.6 Å². The number of rotatable bonds is 10. The van der Waals surface area contributed by atoms with Gasteiger partial charge in [0.15, 0.2) is 17.3 Å². The molecule has 1 fully saturated rings. The first-order chi connectivity index (χ1) is 17.8. The fourth-order valence-electron chi connectivity index (χ4n) is 4.79. The van der Waals surface area contributed by atoms with Gasteiger partial charge in [-0.05, 0) is 50.7 Å². The van der Waals surface area contributed by atoms with Crippen molar-refractivity contribution < 1.29 is 18.7 Å². The summed E-state index contributed by atoms with van der Waals surface area (Å²) < 4.78 is 31.2. The highest BCUT2D eigenvalue weighted by Crippen LogP contribution is 2.33. The second-order valence-electron chi connectivity index (χ2n) is 9.37. The molecular formula is C25H30F2N8O2. The molecule has 0 radical (unpaired) electrons. The monoisotopic (exact) mass is 512 g/mol. The van der Waals surface area contributed by atoms with Crippen LogP contribution in [0.4, 0.5) is 26.4 Å². The van der Waals surface area contributed by atoms with Gasteiger partial charge in [0.2, 0.25) is 17.8 Å². The number of aromatic nitrogens is 4. The Hall–Kier alpha value is -3.85. The molecular weight excluding hydrogens is 482 g/mol. The van der Waals surface area contributed by atoms with Gasteiger partial charge in [0.05, 0.1) is 23.9 Å². The van der Waals surface area contributed by atoms with Crippen LogP contribution >= 0.6 is 0 Å². The first kappa shape index (κ1) is 26.2. The number of hydrogen-bond acceptors (Lipinski definition) is 8. The van der Waals surface area contributed by atoms with Crippen LogP contribution in [0, 0.1) is 23.0 Å². The van der Waals surface area contributed by atoms with Crippen molar-refractivity contribution in [1.82, 2.24) is 19.5 Å². The number of aliphatic hydroxyl groups excluding tert-OH is 1. The summed E-state index contributed by atoms with van der Waals surface area (Å²) in [5, 5.41) is 25.0. The molecule has 0 saturated heterocycles. The van der Waals surface area contributed by atoms with Gasteiger partial charge in [-0.3, -0.25) is 9.36 Å². The van der Waals surface area contributed by atoms with Crippen molar-refractivity contribution in [3.63, 3.8) is 0 Å². The normalized spacial score (nSPS) is 18.4. The number of anilines is 3. The van der Waals surface area contributed by atoms with Crippen molar-refractivity contribution in [3.05, 3.63) is 35.5 Å². The number of benzene rings is 1. The largest absolute Gasteiger partial charge is 0.393 e. The number of amides is 1. The lowest BCUT2D eigenvalue weighted by molar-refractivity contribution is -0.118. The third-order valence-corrected chi connectivity index (χ3v) is 6.53. The van der Waals surface area contributed by atoms with Gasteiger partial charge in [-0.1, -0.05) is 13.3 Å². The highest BCUT2D eigenvalue weighted by atomic mass is 19.1. The molecule has 3 atom stereocenters. The van der Waals surface area contributed by atoms with Crippen molar-refractivity contribution in [1.29, 1.82) is 5.26 Å². The van der Waals surface area contributed by atoms with E-state index in [1.807, 2.05) is 6.92 Å². The third-order valence-electron chi connectivity index (χ3n) is 6.53. The van der Waals surface area contributed by atoms with Gasteiger partial charge in [0.25, 0.3) is 0 Å². The summed E-state index contributed by atoms with van der Waals surface area (Å²) in [4.78, 5) is 25.1. The van der Waals surface area contributed by atoms with Crippen LogP contribution in [0.25, 0.3) is 11.2 Å². The zero-order valence-corrected chi connectivity index (χ0v) is 20.5. The lowest BCUT2D eigenvalue weighted by Gasteiger charge is -2.26. The first-order valence-electron chi connectivity index (χ1n) is 12.4. The number of halogens is 2. The van der Waals surface area contributed by atoms with Crippen LogP contribution in [-0.2, 0) is 4.79 Å². The summed E-state index contributed by atoms with van der Waals surface area (Å²) in [7, 11) is 0. The number of nitrogens with one attached hydrogen (secondary N) is 2. The number of nitrogens with zero attached hydrogens (tertiary/aromatic N) is 5. The molecule has 2 aromatic heterocycles. The van der Waals surface area contributed by atoms with Crippen LogP contribution in [0.1, 0.15) is 69.9 Å².